The van der Waals surface area contributed by atoms with E-state index in [2.05, 4.69) is 21.4 Å². The normalized spacial score (nSPS) is 11.9. The number of anilines is 1. The molecule has 0 spiro atoms. The number of rotatable bonds is 11. The number of hydrogen-bond donors (Lipinski definition) is 3. The molecule has 11 heteroatoms. The zero-order valence-electron chi connectivity index (χ0n) is 22.6. The molecule has 1 heterocycles. The number of nitrogens with two attached hydrogens (primary N) is 1. The van der Waals surface area contributed by atoms with Crippen molar-refractivity contribution in [2.75, 3.05) is 11.4 Å². The summed E-state index contributed by atoms with van der Waals surface area (Å²) in [6.07, 6.45) is -2.21. The smallest absolute Gasteiger partial charge is 0.351 e. The Balaban J connectivity index is 1.41. The van der Waals surface area contributed by atoms with Crippen LogP contribution < -0.4 is 16.0 Å². The number of nitriles is 1. The minimum atomic E-state index is -4.51. The summed E-state index contributed by atoms with van der Waals surface area (Å²) in [5, 5.41) is 11.8. The molecule has 4 N–H and O–H groups in total. The van der Waals surface area contributed by atoms with Gasteiger partial charge >= 0.3 is 6.18 Å². The maximum atomic E-state index is 13.7. The predicted octanol–water partition coefficient (Wildman–Crippen LogP) is 5.30. The van der Waals surface area contributed by atoms with E-state index >= 15 is 0 Å². The van der Waals surface area contributed by atoms with Crippen LogP contribution in [0.2, 0.25) is 0 Å². The molecule has 0 fully saturated rings. The van der Waals surface area contributed by atoms with Crippen LogP contribution in [-0.2, 0) is 30.4 Å². The molecule has 0 saturated carbocycles. The quantitative estimate of drug-likeness (QED) is 0.205. The third-order valence-corrected chi connectivity index (χ3v) is 6.96. The molecular weight excluding hydrogens is 561 g/mol. The first kappa shape index (κ1) is 30.4. The summed E-state index contributed by atoms with van der Waals surface area (Å²) in [6.45, 7) is -0.0134. The van der Waals surface area contributed by atoms with Crippen LogP contribution in [0.5, 0.6) is 0 Å². The van der Waals surface area contributed by atoms with Crippen molar-refractivity contribution < 1.29 is 18.0 Å². The van der Waals surface area contributed by atoms with Crippen molar-refractivity contribution in [2.24, 2.45) is 5.73 Å². The number of benzene rings is 3. The number of imidazole rings is 1. The average molecular weight is 591 g/mol. The Kier molecular flexibility index (Phi) is 10.1. The fraction of sp³-hybridized carbons (Fsp3) is 0.226. The first-order valence-corrected chi connectivity index (χ1v) is 13.6. The number of nitrogens with zero attached hydrogens (tertiary/aromatic N) is 3. The monoisotopic (exact) mass is 590 g/mol. The van der Waals surface area contributed by atoms with Gasteiger partial charge < -0.3 is 20.9 Å². The van der Waals surface area contributed by atoms with Gasteiger partial charge in [0.25, 0.3) is 0 Å². The number of nitrogens with one attached hydrogen (secondary N) is 2. The Morgan fingerprint density at radius 3 is 2.43 bits per heavy atom. The first-order valence-electron chi connectivity index (χ1n) is 13.2. The molecule has 0 aliphatic heterocycles. The number of carbonyl (C=O) groups is 1. The topological polar surface area (TPSA) is 111 Å². The van der Waals surface area contributed by atoms with Crippen LogP contribution in [0.25, 0.3) is 0 Å². The number of aromatic nitrogens is 2. The highest BCUT2D eigenvalue weighted by molar-refractivity contribution is 7.80. The Morgan fingerprint density at radius 1 is 1.07 bits per heavy atom. The van der Waals surface area contributed by atoms with Gasteiger partial charge in [-0.25, -0.2) is 4.98 Å². The third kappa shape index (κ3) is 8.25. The number of alkyl halides is 3. The lowest BCUT2D eigenvalue weighted by Gasteiger charge is -2.29. The largest absolute Gasteiger partial charge is 0.416 e. The number of carbonyl (C=O) groups excluding carboxylic acids is 1. The molecule has 0 aliphatic carbocycles. The summed E-state index contributed by atoms with van der Waals surface area (Å²) >= 11 is 5.70. The number of aromatic amines is 1. The van der Waals surface area contributed by atoms with Crippen LogP contribution in [0, 0.1) is 11.3 Å². The Hall–Kier alpha value is -4.53. The molecule has 0 radical (unpaired) electrons. The van der Waals surface area contributed by atoms with E-state index in [0.29, 0.717) is 34.2 Å². The molecular formula is C31H29F3N6OS. The number of halogens is 3. The van der Waals surface area contributed by atoms with Crippen LogP contribution in [0.15, 0.2) is 85.1 Å². The molecule has 1 atom stereocenters. The molecule has 42 heavy (non-hydrogen) atoms. The van der Waals surface area contributed by atoms with Gasteiger partial charge in [-0.2, -0.15) is 18.4 Å². The summed E-state index contributed by atoms with van der Waals surface area (Å²) in [5.41, 5.74) is 8.11. The average Bonchev–Trinajstić information content (AvgIpc) is 3.42. The third-order valence-electron chi connectivity index (χ3n) is 6.58. The number of thiocarbonyl (C=S) groups is 1. The van der Waals surface area contributed by atoms with Crippen molar-refractivity contribution in [1.82, 2.24) is 15.3 Å². The van der Waals surface area contributed by atoms with E-state index in [9.17, 15) is 18.0 Å². The van der Waals surface area contributed by atoms with E-state index in [4.69, 9.17) is 23.2 Å². The summed E-state index contributed by atoms with van der Waals surface area (Å²) in [5.74, 6) is 0.382. The van der Waals surface area contributed by atoms with E-state index in [0.717, 1.165) is 11.6 Å². The summed E-state index contributed by atoms with van der Waals surface area (Å²) in [6, 6.07) is 23.0. The van der Waals surface area contributed by atoms with Gasteiger partial charge in [0.15, 0.2) is 0 Å². The molecule has 7 nitrogen and oxygen atoms in total. The van der Waals surface area contributed by atoms with Gasteiger partial charge in [-0.3, -0.25) is 4.79 Å². The minimum Gasteiger partial charge on any atom is -0.351 e. The van der Waals surface area contributed by atoms with Crippen molar-refractivity contribution in [3.8, 4) is 6.07 Å². The van der Waals surface area contributed by atoms with Crippen molar-refractivity contribution >= 4 is 28.8 Å². The molecule has 0 bridgehead atoms. The SMILES string of the molecule is N#Cc1ccc(Cc2ncc(CC(=O)N[C@H](CN)CC(=S)N(Cc3ccccc3C(F)(F)F)c3ccccc3)[nH]2)cc1. The number of amides is 1. The van der Waals surface area contributed by atoms with Crippen LogP contribution in [0.1, 0.15) is 40.2 Å². The molecule has 1 aromatic heterocycles. The second-order valence-electron chi connectivity index (χ2n) is 9.69. The Labute approximate surface area is 247 Å². The van der Waals surface area contributed by atoms with Crippen LogP contribution in [-0.4, -0.2) is 33.5 Å². The van der Waals surface area contributed by atoms with Gasteiger partial charge in [0.1, 0.15) is 5.82 Å². The maximum absolute atomic E-state index is 13.7. The lowest BCUT2D eigenvalue weighted by molar-refractivity contribution is -0.138. The van der Waals surface area contributed by atoms with Crippen molar-refractivity contribution in [3.05, 3.63) is 119 Å². The first-order chi connectivity index (χ1) is 20.2. The zero-order valence-corrected chi connectivity index (χ0v) is 23.4. The molecule has 0 unspecified atom stereocenters. The highest BCUT2D eigenvalue weighted by atomic mass is 32.1. The summed E-state index contributed by atoms with van der Waals surface area (Å²) < 4.78 is 41.1. The summed E-state index contributed by atoms with van der Waals surface area (Å²) in [4.78, 5) is 22.3. The molecule has 3 aromatic carbocycles. The number of para-hydroxylation sites is 1. The zero-order chi connectivity index (χ0) is 30.1. The van der Waals surface area contributed by atoms with Crippen LogP contribution >= 0.6 is 12.2 Å². The summed E-state index contributed by atoms with van der Waals surface area (Å²) in [7, 11) is 0. The van der Waals surface area contributed by atoms with Gasteiger partial charge in [-0.1, -0.05) is 60.7 Å². The molecule has 216 valence electrons. The standard InChI is InChI=1S/C31H29F3N6OS/c32-31(33,34)27-9-5-4-6-23(27)20-40(26-7-2-1-3-8-26)30(42)16-24(18-36)39-29(41)15-25-19-37-28(38-25)14-21-10-12-22(17-35)13-11-21/h1-13,19,24H,14-16,18,20,36H2,(H,37,38)(H,39,41)/t24-/m0/s1. The highest BCUT2D eigenvalue weighted by Gasteiger charge is 2.33. The predicted molar refractivity (Wildman–Crippen MR) is 159 cm³/mol. The lowest BCUT2D eigenvalue weighted by Crippen LogP contribution is -2.44. The van der Waals surface area contributed by atoms with Gasteiger partial charge in [-0.15, -0.1) is 0 Å². The number of H-pyrrole nitrogens is 1. The second kappa shape index (κ2) is 13.9. The van der Waals surface area contributed by atoms with Gasteiger partial charge in [0.2, 0.25) is 5.91 Å². The van der Waals surface area contributed by atoms with Crippen molar-refractivity contribution in [2.45, 2.75) is 38.0 Å². The Bertz CT molecular complexity index is 1550. The lowest BCUT2D eigenvalue weighted by atomic mass is 10.1. The fourth-order valence-electron chi connectivity index (χ4n) is 4.48. The maximum Gasteiger partial charge on any atom is 0.416 e. The van der Waals surface area contributed by atoms with Crippen LogP contribution in [0.4, 0.5) is 18.9 Å². The van der Waals surface area contributed by atoms with Crippen LogP contribution in [0.3, 0.4) is 0 Å². The van der Waals surface area contributed by atoms with E-state index in [1.54, 1.807) is 53.6 Å². The van der Waals surface area contributed by atoms with E-state index in [-0.39, 0.29) is 37.4 Å². The minimum absolute atomic E-state index is 0.0327. The van der Waals surface area contributed by atoms with Gasteiger partial charge in [0.05, 0.1) is 28.6 Å². The fourth-order valence-corrected chi connectivity index (χ4v) is 4.85. The second-order valence-corrected chi connectivity index (χ2v) is 10.2. The van der Waals surface area contributed by atoms with E-state index < -0.39 is 17.8 Å². The van der Waals surface area contributed by atoms with Gasteiger partial charge in [-0.05, 0) is 41.5 Å². The number of hydrogen-bond acceptors (Lipinski definition) is 5. The van der Waals surface area contributed by atoms with E-state index in [1.165, 1.54) is 12.1 Å². The van der Waals surface area contributed by atoms with Crippen molar-refractivity contribution in [3.63, 3.8) is 0 Å². The van der Waals surface area contributed by atoms with Crippen molar-refractivity contribution in [1.29, 1.82) is 5.26 Å². The molecule has 4 aromatic rings. The highest BCUT2D eigenvalue weighted by Crippen LogP contribution is 2.33. The molecule has 0 saturated heterocycles. The van der Waals surface area contributed by atoms with Gasteiger partial charge in [0, 0.05) is 49.6 Å². The molecule has 4 rings (SSSR count). The molecule has 1 amide bonds. The van der Waals surface area contributed by atoms with E-state index in [1.807, 2.05) is 18.2 Å². The molecule has 0 aliphatic rings. The Morgan fingerprint density at radius 2 is 1.76 bits per heavy atom.